The molecule has 0 aromatic carbocycles. The van der Waals surface area contributed by atoms with Crippen LogP contribution in [0.5, 0.6) is 0 Å². The Morgan fingerprint density at radius 2 is 2.11 bits per heavy atom. The Kier molecular flexibility index (Phi) is 6.14. The number of rotatable bonds is 6. The molecule has 3 aliphatic rings. The number of allylic oxidation sites excluding steroid dienone is 4. The highest BCUT2D eigenvalue weighted by Gasteiger charge is 2.37. The molecule has 2 N–H and O–H groups in total. The predicted octanol–water partition coefficient (Wildman–Crippen LogP) is 1.57. The zero-order chi connectivity index (χ0) is 20.3. The number of amides is 1. The van der Waals surface area contributed by atoms with E-state index in [1.54, 1.807) is 11.9 Å². The van der Waals surface area contributed by atoms with Crippen molar-refractivity contribution in [1.82, 2.24) is 15.1 Å². The van der Waals surface area contributed by atoms with Crippen molar-refractivity contribution >= 4 is 17.7 Å². The maximum atomic E-state index is 12.6. The number of aliphatic carboxylic acids is 1. The number of carbonyl (C=O) groups is 2. The molecule has 3 rings (SSSR count). The lowest BCUT2D eigenvalue weighted by Gasteiger charge is -2.38. The summed E-state index contributed by atoms with van der Waals surface area (Å²) in [5, 5.41) is 12.1. The second kappa shape index (κ2) is 8.56. The molecule has 0 aromatic heterocycles. The molecular weight excluding hydrogens is 356 g/mol. The second-order valence-corrected chi connectivity index (χ2v) is 7.65. The fourth-order valence-electron chi connectivity index (χ4n) is 3.64. The first kappa shape index (κ1) is 20.1. The molecule has 0 aromatic rings. The SMILES string of the molecule is CNC(CC1=CC=C(C2=NC=C(C)CN2C)CC=C1)C(=O)N1CC(C(=O)O)C1. The third-order valence-corrected chi connectivity index (χ3v) is 5.34. The van der Waals surface area contributed by atoms with Gasteiger partial charge in [-0.1, -0.05) is 24.3 Å². The van der Waals surface area contributed by atoms with Gasteiger partial charge in [0.15, 0.2) is 0 Å². The predicted molar refractivity (Wildman–Crippen MR) is 109 cm³/mol. The summed E-state index contributed by atoms with van der Waals surface area (Å²) in [7, 11) is 3.81. The number of carbonyl (C=O) groups excluding carboxylic acids is 1. The fourth-order valence-corrected chi connectivity index (χ4v) is 3.64. The van der Waals surface area contributed by atoms with Crippen LogP contribution in [0.3, 0.4) is 0 Å². The highest BCUT2D eigenvalue weighted by Crippen LogP contribution is 2.22. The number of hydrogen-bond donors (Lipinski definition) is 2. The Morgan fingerprint density at radius 1 is 1.36 bits per heavy atom. The number of nitrogens with zero attached hydrogens (tertiary/aromatic N) is 3. The molecule has 1 saturated heterocycles. The topological polar surface area (TPSA) is 85.2 Å². The third-order valence-electron chi connectivity index (χ3n) is 5.34. The van der Waals surface area contributed by atoms with Crippen LogP contribution in [0.25, 0.3) is 0 Å². The van der Waals surface area contributed by atoms with E-state index in [1.165, 1.54) is 5.57 Å². The summed E-state index contributed by atoms with van der Waals surface area (Å²) in [4.78, 5) is 31.9. The lowest BCUT2D eigenvalue weighted by atomic mass is 9.97. The minimum atomic E-state index is -0.835. The number of likely N-dealkylation sites (N-methyl/N-ethyl adjacent to an activating group) is 2. The highest BCUT2D eigenvalue weighted by molar-refractivity contribution is 5.99. The number of amidine groups is 1. The summed E-state index contributed by atoms with van der Waals surface area (Å²) in [6.07, 6.45) is 11.6. The molecule has 2 heterocycles. The average molecular weight is 384 g/mol. The van der Waals surface area contributed by atoms with Crippen LogP contribution in [0, 0.1) is 5.92 Å². The second-order valence-electron chi connectivity index (χ2n) is 7.65. The molecule has 1 aliphatic carbocycles. The van der Waals surface area contributed by atoms with Crippen LogP contribution in [0.4, 0.5) is 0 Å². The van der Waals surface area contributed by atoms with Crippen LogP contribution in [0.1, 0.15) is 19.8 Å². The molecule has 150 valence electrons. The standard InChI is InChI=1S/C21H28N4O3/c1-14-10-23-19(24(3)11-14)16-6-4-5-15(7-8-16)9-18(22-2)20(26)25-12-17(13-25)21(27)28/h4-5,7-8,10,17-18,22H,6,9,11-13H2,1-3H3,(H,27,28). The third kappa shape index (κ3) is 4.42. The van der Waals surface area contributed by atoms with E-state index in [1.807, 2.05) is 19.3 Å². The van der Waals surface area contributed by atoms with Crippen molar-refractivity contribution < 1.29 is 14.7 Å². The van der Waals surface area contributed by atoms with Crippen LogP contribution >= 0.6 is 0 Å². The zero-order valence-electron chi connectivity index (χ0n) is 16.7. The minimum Gasteiger partial charge on any atom is -0.481 e. The number of carboxylic acids is 1. The molecule has 2 aliphatic heterocycles. The molecule has 0 saturated carbocycles. The van der Waals surface area contributed by atoms with Crippen molar-refractivity contribution in [3.8, 4) is 0 Å². The van der Waals surface area contributed by atoms with Crippen molar-refractivity contribution in [2.45, 2.75) is 25.8 Å². The number of nitrogens with one attached hydrogen (secondary N) is 1. The van der Waals surface area contributed by atoms with Crippen molar-refractivity contribution in [3.63, 3.8) is 0 Å². The first-order valence-electron chi connectivity index (χ1n) is 9.59. The quantitative estimate of drug-likeness (QED) is 0.726. The first-order chi connectivity index (χ1) is 13.4. The van der Waals surface area contributed by atoms with Crippen LogP contribution in [-0.2, 0) is 9.59 Å². The van der Waals surface area contributed by atoms with E-state index in [-0.39, 0.29) is 11.9 Å². The van der Waals surface area contributed by atoms with Gasteiger partial charge in [-0.2, -0.15) is 0 Å². The van der Waals surface area contributed by atoms with Gasteiger partial charge in [-0.15, -0.1) is 0 Å². The number of hydrogen-bond acceptors (Lipinski definition) is 5. The van der Waals surface area contributed by atoms with Crippen molar-refractivity contribution in [2.75, 3.05) is 33.7 Å². The Bertz CT molecular complexity index is 800. The van der Waals surface area contributed by atoms with Gasteiger partial charge in [-0.3, -0.25) is 9.59 Å². The molecule has 0 radical (unpaired) electrons. The number of likely N-dealkylation sites (tertiary alicyclic amines) is 1. The van der Waals surface area contributed by atoms with Crippen LogP contribution in [0.15, 0.2) is 52.2 Å². The summed E-state index contributed by atoms with van der Waals surface area (Å²) in [5.41, 5.74) is 3.44. The van der Waals surface area contributed by atoms with Gasteiger partial charge in [0.2, 0.25) is 5.91 Å². The van der Waals surface area contributed by atoms with E-state index in [2.05, 4.69) is 40.4 Å². The van der Waals surface area contributed by atoms with Gasteiger partial charge in [0.05, 0.1) is 12.0 Å². The molecule has 0 bridgehead atoms. The summed E-state index contributed by atoms with van der Waals surface area (Å²) in [5.74, 6) is -0.332. The summed E-state index contributed by atoms with van der Waals surface area (Å²) in [6, 6.07) is -0.360. The summed E-state index contributed by atoms with van der Waals surface area (Å²) in [6.45, 7) is 3.54. The van der Waals surface area contributed by atoms with Crippen LogP contribution in [0.2, 0.25) is 0 Å². The van der Waals surface area contributed by atoms with E-state index in [9.17, 15) is 9.59 Å². The Morgan fingerprint density at radius 3 is 2.75 bits per heavy atom. The van der Waals surface area contributed by atoms with Gasteiger partial charge in [-0.25, -0.2) is 4.99 Å². The zero-order valence-corrected chi connectivity index (χ0v) is 16.7. The van der Waals surface area contributed by atoms with E-state index in [0.717, 1.165) is 29.9 Å². The largest absolute Gasteiger partial charge is 0.481 e. The minimum absolute atomic E-state index is 0.0419. The van der Waals surface area contributed by atoms with Gasteiger partial charge in [0, 0.05) is 32.9 Å². The Hall–Kier alpha value is -2.67. The molecule has 28 heavy (non-hydrogen) atoms. The van der Waals surface area contributed by atoms with Gasteiger partial charge in [-0.05, 0) is 43.5 Å². The molecule has 0 spiro atoms. The van der Waals surface area contributed by atoms with Crippen LogP contribution < -0.4 is 5.32 Å². The van der Waals surface area contributed by atoms with Crippen molar-refractivity contribution in [3.05, 3.63) is 47.2 Å². The summed E-state index contributed by atoms with van der Waals surface area (Å²) < 4.78 is 0. The van der Waals surface area contributed by atoms with Gasteiger partial charge in [0.25, 0.3) is 0 Å². The molecule has 7 nitrogen and oxygen atoms in total. The fraction of sp³-hybridized carbons (Fsp3) is 0.476. The Labute approximate surface area is 165 Å². The normalized spacial score (nSPS) is 21.1. The molecule has 1 atom stereocenters. The number of aliphatic imine (C=N–C) groups is 1. The number of carboxylic acid groups (broad SMARTS) is 1. The molecule has 1 unspecified atom stereocenters. The molecule has 1 fully saturated rings. The lowest BCUT2D eigenvalue weighted by Crippen LogP contribution is -2.57. The Balaban J connectivity index is 1.66. The smallest absolute Gasteiger partial charge is 0.310 e. The van der Waals surface area contributed by atoms with E-state index < -0.39 is 11.9 Å². The molecule has 7 heteroatoms. The van der Waals surface area contributed by atoms with E-state index in [0.29, 0.717) is 19.5 Å². The van der Waals surface area contributed by atoms with Gasteiger partial charge >= 0.3 is 5.97 Å². The van der Waals surface area contributed by atoms with Gasteiger partial charge in [0.1, 0.15) is 5.84 Å². The summed E-state index contributed by atoms with van der Waals surface area (Å²) >= 11 is 0. The van der Waals surface area contributed by atoms with E-state index >= 15 is 0 Å². The monoisotopic (exact) mass is 384 g/mol. The average Bonchev–Trinajstić information content (AvgIpc) is 2.83. The van der Waals surface area contributed by atoms with Crippen LogP contribution in [-0.4, -0.2) is 72.4 Å². The maximum absolute atomic E-state index is 12.6. The molecule has 1 amide bonds. The van der Waals surface area contributed by atoms with E-state index in [4.69, 9.17) is 5.11 Å². The lowest BCUT2D eigenvalue weighted by molar-refractivity contribution is -0.153. The van der Waals surface area contributed by atoms with Crippen molar-refractivity contribution in [1.29, 1.82) is 0 Å². The van der Waals surface area contributed by atoms with Crippen molar-refractivity contribution in [2.24, 2.45) is 10.9 Å². The molecular formula is C21H28N4O3. The first-order valence-corrected chi connectivity index (χ1v) is 9.59. The van der Waals surface area contributed by atoms with Gasteiger partial charge < -0.3 is 20.2 Å². The maximum Gasteiger partial charge on any atom is 0.310 e. The highest BCUT2D eigenvalue weighted by atomic mass is 16.4.